The Bertz CT molecular complexity index is 992. The Morgan fingerprint density at radius 2 is 2.04 bits per heavy atom. The van der Waals surface area contributed by atoms with Crippen molar-refractivity contribution in [2.24, 2.45) is 0 Å². The van der Waals surface area contributed by atoms with E-state index in [9.17, 15) is 14.7 Å². The molecule has 0 aliphatic carbocycles. The van der Waals surface area contributed by atoms with Crippen LogP contribution in [0.15, 0.2) is 36.5 Å². The second-order valence-corrected chi connectivity index (χ2v) is 6.23. The minimum absolute atomic E-state index is 0.0896. The minimum atomic E-state index is -1.36. The van der Waals surface area contributed by atoms with Crippen molar-refractivity contribution in [2.75, 3.05) is 0 Å². The highest BCUT2D eigenvalue weighted by Crippen LogP contribution is 2.22. The van der Waals surface area contributed by atoms with Gasteiger partial charge in [-0.2, -0.15) is 0 Å². The quantitative estimate of drug-likeness (QED) is 0.727. The largest absolute Gasteiger partial charge is 0.480 e. The van der Waals surface area contributed by atoms with Gasteiger partial charge in [-0.3, -0.25) is 9.78 Å². The van der Waals surface area contributed by atoms with Crippen molar-refractivity contribution in [1.82, 2.24) is 25.3 Å². The zero-order valence-corrected chi connectivity index (χ0v) is 14.7. The van der Waals surface area contributed by atoms with Gasteiger partial charge in [0.25, 0.3) is 5.91 Å². The smallest absolute Gasteiger partial charge is 0.329 e. The average Bonchev–Trinajstić information content (AvgIpc) is 3.02. The van der Waals surface area contributed by atoms with Crippen LogP contribution in [0.1, 0.15) is 36.5 Å². The molecule has 0 spiro atoms. The van der Waals surface area contributed by atoms with Gasteiger partial charge in [0.1, 0.15) is 5.54 Å². The number of nitrogens with zero attached hydrogens (tertiary/aromatic N) is 4. The van der Waals surface area contributed by atoms with Gasteiger partial charge in [-0.1, -0.05) is 18.2 Å². The van der Waals surface area contributed by atoms with E-state index in [1.165, 1.54) is 6.92 Å². The molecule has 0 aliphatic rings. The molecule has 0 saturated heterocycles. The number of aliphatic carboxylic acids is 1. The molecule has 0 saturated carbocycles. The van der Waals surface area contributed by atoms with Crippen molar-refractivity contribution >= 4 is 22.8 Å². The Labute approximate surface area is 149 Å². The first-order valence-electron chi connectivity index (χ1n) is 8.19. The zero-order valence-electron chi connectivity index (χ0n) is 14.7. The van der Waals surface area contributed by atoms with E-state index in [4.69, 9.17) is 0 Å². The lowest BCUT2D eigenvalue weighted by Gasteiger charge is -2.24. The summed E-state index contributed by atoms with van der Waals surface area (Å²) < 4.78 is 1.56. The molecule has 2 N–H and O–H groups in total. The van der Waals surface area contributed by atoms with Gasteiger partial charge in [0, 0.05) is 11.6 Å². The highest BCUT2D eigenvalue weighted by atomic mass is 16.4. The van der Waals surface area contributed by atoms with Gasteiger partial charge < -0.3 is 10.4 Å². The molecule has 2 aromatic heterocycles. The summed E-state index contributed by atoms with van der Waals surface area (Å²) in [6, 6.07) is 9.34. The van der Waals surface area contributed by atoms with Gasteiger partial charge in [-0.05, 0) is 44.5 Å². The Morgan fingerprint density at radius 3 is 2.73 bits per heavy atom. The van der Waals surface area contributed by atoms with Crippen molar-refractivity contribution in [1.29, 1.82) is 0 Å². The number of fused-ring (bicyclic) bond motifs is 1. The van der Waals surface area contributed by atoms with E-state index in [-0.39, 0.29) is 12.1 Å². The molecule has 0 aliphatic heterocycles. The van der Waals surface area contributed by atoms with E-state index >= 15 is 0 Å². The molecule has 1 atom stereocenters. The van der Waals surface area contributed by atoms with Crippen LogP contribution in [-0.4, -0.2) is 42.5 Å². The van der Waals surface area contributed by atoms with Crippen LogP contribution in [0, 0.1) is 6.92 Å². The maximum Gasteiger partial charge on any atom is 0.329 e. The molecule has 0 radical (unpaired) electrons. The summed E-state index contributed by atoms with van der Waals surface area (Å²) in [6.45, 7) is 4.87. The van der Waals surface area contributed by atoms with E-state index in [0.717, 1.165) is 16.6 Å². The second kappa shape index (κ2) is 6.55. The van der Waals surface area contributed by atoms with Crippen LogP contribution in [0.5, 0.6) is 0 Å². The monoisotopic (exact) mass is 353 g/mol. The summed E-state index contributed by atoms with van der Waals surface area (Å²) in [7, 11) is 0. The number of amides is 1. The van der Waals surface area contributed by atoms with Crippen LogP contribution in [0.25, 0.3) is 16.6 Å². The summed E-state index contributed by atoms with van der Waals surface area (Å²) in [4.78, 5) is 28.3. The fraction of sp³-hybridized carbons (Fsp3) is 0.278. The maximum absolute atomic E-state index is 12.6. The van der Waals surface area contributed by atoms with Gasteiger partial charge in [0.15, 0.2) is 5.69 Å². The van der Waals surface area contributed by atoms with E-state index < -0.39 is 17.4 Å². The number of carboxylic acids is 1. The van der Waals surface area contributed by atoms with Gasteiger partial charge in [-0.25, -0.2) is 9.48 Å². The lowest BCUT2D eigenvalue weighted by molar-refractivity contribution is -0.143. The fourth-order valence-corrected chi connectivity index (χ4v) is 2.64. The lowest BCUT2D eigenvalue weighted by atomic mass is 9.99. The number of carbonyl (C=O) groups is 2. The van der Waals surface area contributed by atoms with Crippen LogP contribution in [0.2, 0.25) is 0 Å². The van der Waals surface area contributed by atoms with E-state index in [1.807, 2.05) is 30.3 Å². The lowest BCUT2D eigenvalue weighted by Crippen LogP contribution is -2.51. The normalized spacial score (nSPS) is 13.3. The van der Waals surface area contributed by atoms with Gasteiger partial charge in [0.05, 0.1) is 16.9 Å². The van der Waals surface area contributed by atoms with Crippen LogP contribution in [0.4, 0.5) is 0 Å². The minimum Gasteiger partial charge on any atom is -0.480 e. The summed E-state index contributed by atoms with van der Waals surface area (Å²) in [6.07, 6.45) is 1.95. The summed E-state index contributed by atoms with van der Waals surface area (Å²) in [5.41, 5.74) is 0.789. The first-order valence-corrected chi connectivity index (χ1v) is 8.19. The standard InChI is InChI=1S/C18H19N5O3/c1-4-18(3,17(25)26)20-16(24)15-11(2)23(22-21-15)14-9-5-8-13-12(14)7-6-10-19-13/h5-10H,4H2,1-3H3,(H,20,24)(H,25,26). The summed E-state index contributed by atoms with van der Waals surface area (Å²) in [5, 5.41) is 20.8. The second-order valence-electron chi connectivity index (χ2n) is 6.23. The number of carboxylic acid groups (broad SMARTS) is 1. The van der Waals surface area contributed by atoms with E-state index in [2.05, 4.69) is 20.6 Å². The van der Waals surface area contributed by atoms with Crippen molar-refractivity contribution in [3.63, 3.8) is 0 Å². The third-order valence-electron chi connectivity index (χ3n) is 4.53. The molecule has 2 heterocycles. The molecule has 0 bridgehead atoms. The Hall–Kier alpha value is -3.29. The predicted octanol–water partition coefficient (Wildman–Crippen LogP) is 2.11. The van der Waals surface area contributed by atoms with Crippen LogP contribution < -0.4 is 5.32 Å². The highest BCUT2D eigenvalue weighted by molar-refractivity contribution is 5.97. The Morgan fingerprint density at radius 1 is 1.27 bits per heavy atom. The van der Waals surface area contributed by atoms with Crippen LogP contribution in [-0.2, 0) is 4.79 Å². The first kappa shape index (κ1) is 17.5. The third-order valence-corrected chi connectivity index (χ3v) is 4.53. The molecule has 0 fully saturated rings. The van der Waals surface area contributed by atoms with Crippen molar-refractivity contribution in [2.45, 2.75) is 32.7 Å². The summed E-state index contributed by atoms with van der Waals surface area (Å²) >= 11 is 0. The number of nitrogens with one attached hydrogen (secondary N) is 1. The maximum atomic E-state index is 12.6. The number of pyridine rings is 1. The molecule has 1 unspecified atom stereocenters. The molecule has 1 amide bonds. The number of hydrogen-bond acceptors (Lipinski definition) is 5. The zero-order chi connectivity index (χ0) is 18.9. The molecule has 26 heavy (non-hydrogen) atoms. The number of rotatable bonds is 5. The Balaban J connectivity index is 2.00. The third kappa shape index (κ3) is 2.90. The highest BCUT2D eigenvalue weighted by Gasteiger charge is 2.34. The van der Waals surface area contributed by atoms with Gasteiger partial charge >= 0.3 is 5.97 Å². The van der Waals surface area contributed by atoms with Gasteiger partial charge in [0.2, 0.25) is 0 Å². The predicted molar refractivity (Wildman–Crippen MR) is 95.2 cm³/mol. The first-order chi connectivity index (χ1) is 12.4. The topological polar surface area (TPSA) is 110 Å². The molecule has 8 nitrogen and oxygen atoms in total. The molecular weight excluding hydrogens is 334 g/mol. The number of carbonyl (C=O) groups excluding carboxylic acids is 1. The molecule has 3 rings (SSSR count). The van der Waals surface area contributed by atoms with Gasteiger partial charge in [-0.15, -0.1) is 5.10 Å². The molecule has 3 aromatic rings. The van der Waals surface area contributed by atoms with Crippen molar-refractivity contribution in [3.8, 4) is 5.69 Å². The van der Waals surface area contributed by atoms with E-state index in [0.29, 0.717) is 5.69 Å². The number of aromatic nitrogens is 4. The fourth-order valence-electron chi connectivity index (χ4n) is 2.64. The molecule has 134 valence electrons. The van der Waals surface area contributed by atoms with Crippen molar-refractivity contribution in [3.05, 3.63) is 47.9 Å². The molecule has 1 aromatic carbocycles. The summed E-state index contributed by atoms with van der Waals surface area (Å²) in [5.74, 6) is -1.67. The SMILES string of the molecule is CCC(C)(NC(=O)c1nnn(-c2cccc3ncccc23)c1C)C(=O)O. The van der Waals surface area contributed by atoms with E-state index in [1.54, 1.807) is 24.7 Å². The number of hydrogen-bond donors (Lipinski definition) is 2. The number of benzene rings is 1. The average molecular weight is 353 g/mol. The van der Waals surface area contributed by atoms with Crippen molar-refractivity contribution < 1.29 is 14.7 Å². The Kier molecular flexibility index (Phi) is 4.41. The molecular formula is C18H19N5O3. The van der Waals surface area contributed by atoms with Crippen LogP contribution >= 0.6 is 0 Å². The molecule has 8 heteroatoms. The van der Waals surface area contributed by atoms with Crippen LogP contribution in [0.3, 0.4) is 0 Å².